The second kappa shape index (κ2) is 7.30. The molecule has 3 amide bonds. The average molecular weight is 412 g/mol. The molecule has 152 valence electrons. The van der Waals surface area contributed by atoms with E-state index in [0.29, 0.717) is 37.2 Å². The Balaban J connectivity index is 1.68. The second-order valence-electron chi connectivity index (χ2n) is 7.76. The number of carbonyl (C=O) groups is 3. The molecule has 0 bridgehead atoms. The Hall–Kier alpha value is -2.67. The first kappa shape index (κ1) is 19.6. The van der Waals surface area contributed by atoms with Crippen LogP contribution in [0.2, 0.25) is 0 Å². The first-order valence-electron chi connectivity index (χ1n) is 9.88. The molecule has 1 aromatic heterocycles. The number of aryl methyl sites for hydroxylation is 2. The van der Waals surface area contributed by atoms with Gasteiger partial charge in [-0.15, -0.1) is 11.3 Å². The van der Waals surface area contributed by atoms with E-state index in [4.69, 9.17) is 0 Å². The number of carbonyl (C=O) groups excluding carboxylic acids is 3. The van der Waals surface area contributed by atoms with Crippen molar-refractivity contribution < 1.29 is 14.4 Å². The molecule has 0 saturated heterocycles. The van der Waals surface area contributed by atoms with Gasteiger partial charge in [-0.25, -0.2) is 0 Å². The maximum Gasteiger partial charge on any atom is 0.257 e. The van der Waals surface area contributed by atoms with Crippen LogP contribution in [0.15, 0.2) is 18.2 Å². The fourth-order valence-corrected chi connectivity index (χ4v) is 5.45. The van der Waals surface area contributed by atoms with Crippen molar-refractivity contribution in [2.75, 3.05) is 31.6 Å². The lowest BCUT2D eigenvalue weighted by molar-refractivity contribution is -0.118. The molecule has 1 aromatic carbocycles. The number of anilines is 1. The monoisotopic (exact) mass is 411 g/mol. The predicted octanol–water partition coefficient (Wildman–Crippen LogP) is 3.00. The molecule has 0 N–H and O–H groups in total. The average Bonchev–Trinajstić information content (AvgIpc) is 3.03. The van der Waals surface area contributed by atoms with Crippen LogP contribution in [0.3, 0.4) is 0 Å². The summed E-state index contributed by atoms with van der Waals surface area (Å²) in [5, 5.41) is 0.734. The van der Waals surface area contributed by atoms with Crippen LogP contribution >= 0.6 is 11.3 Å². The smallest absolute Gasteiger partial charge is 0.257 e. The summed E-state index contributed by atoms with van der Waals surface area (Å²) in [5.41, 5.74) is 4.60. The second-order valence-corrected chi connectivity index (χ2v) is 8.84. The Kier molecular flexibility index (Phi) is 4.94. The van der Waals surface area contributed by atoms with Gasteiger partial charge in [0.2, 0.25) is 5.91 Å². The molecule has 0 fully saturated rings. The molecule has 2 aliphatic rings. The number of fused-ring (bicyclic) bond motifs is 3. The van der Waals surface area contributed by atoms with Gasteiger partial charge in [-0.05, 0) is 56.0 Å². The van der Waals surface area contributed by atoms with Crippen LogP contribution in [-0.2, 0) is 17.8 Å². The zero-order valence-corrected chi connectivity index (χ0v) is 18.1. The molecule has 2 aromatic rings. The Bertz CT molecular complexity index is 1030. The predicted molar refractivity (Wildman–Crippen MR) is 114 cm³/mol. The van der Waals surface area contributed by atoms with Gasteiger partial charge in [0.15, 0.2) is 0 Å². The minimum Gasteiger partial charge on any atom is -0.333 e. The summed E-state index contributed by atoms with van der Waals surface area (Å²) in [5.74, 6) is -0.159. The Labute approximate surface area is 174 Å². The Morgan fingerprint density at radius 1 is 1.14 bits per heavy atom. The van der Waals surface area contributed by atoms with Gasteiger partial charge in [0.05, 0.1) is 12.1 Å². The van der Waals surface area contributed by atoms with E-state index in [-0.39, 0.29) is 24.3 Å². The first-order chi connectivity index (χ1) is 13.8. The number of amides is 3. The lowest BCUT2D eigenvalue weighted by atomic mass is 10.0. The van der Waals surface area contributed by atoms with Gasteiger partial charge in [0.1, 0.15) is 11.5 Å². The zero-order chi connectivity index (χ0) is 20.9. The van der Waals surface area contributed by atoms with Crippen molar-refractivity contribution in [3.63, 3.8) is 0 Å². The van der Waals surface area contributed by atoms with Crippen molar-refractivity contribution in [3.8, 4) is 0 Å². The number of rotatable bonds is 2. The molecule has 2 aliphatic heterocycles. The summed E-state index contributed by atoms with van der Waals surface area (Å²) in [7, 11) is 1.67. The summed E-state index contributed by atoms with van der Waals surface area (Å²) in [6, 6.07) is 5.79. The van der Waals surface area contributed by atoms with Crippen LogP contribution in [0.5, 0.6) is 0 Å². The van der Waals surface area contributed by atoms with Gasteiger partial charge in [-0.3, -0.25) is 14.4 Å². The van der Waals surface area contributed by atoms with Crippen molar-refractivity contribution >= 4 is 34.1 Å². The quantitative estimate of drug-likeness (QED) is 0.763. The Morgan fingerprint density at radius 3 is 2.59 bits per heavy atom. The number of hydrogen-bond acceptors (Lipinski definition) is 4. The molecule has 3 heterocycles. The van der Waals surface area contributed by atoms with Gasteiger partial charge in [0, 0.05) is 30.6 Å². The number of nitrogens with zero attached hydrogens (tertiary/aromatic N) is 3. The van der Waals surface area contributed by atoms with E-state index in [1.165, 1.54) is 16.2 Å². The highest BCUT2D eigenvalue weighted by atomic mass is 32.1. The minimum atomic E-state index is -0.101. The van der Waals surface area contributed by atoms with E-state index in [0.717, 1.165) is 26.6 Å². The fourth-order valence-electron chi connectivity index (χ4n) is 4.01. The minimum absolute atomic E-state index is 0.00853. The number of thiophene rings is 1. The van der Waals surface area contributed by atoms with Crippen LogP contribution in [0, 0.1) is 13.8 Å². The molecule has 4 rings (SSSR count). The third kappa shape index (κ3) is 3.23. The summed E-state index contributed by atoms with van der Waals surface area (Å²) in [6.45, 7) is 7.63. The highest BCUT2D eigenvalue weighted by Crippen LogP contribution is 2.41. The largest absolute Gasteiger partial charge is 0.333 e. The molecule has 29 heavy (non-hydrogen) atoms. The van der Waals surface area contributed by atoms with Gasteiger partial charge < -0.3 is 14.7 Å². The molecule has 0 unspecified atom stereocenters. The van der Waals surface area contributed by atoms with Crippen LogP contribution in [0.4, 0.5) is 5.00 Å². The lowest BCUT2D eigenvalue weighted by Crippen LogP contribution is -2.38. The summed E-state index contributed by atoms with van der Waals surface area (Å²) in [6.07, 6.45) is 0.628. The molecule has 0 atom stereocenters. The van der Waals surface area contributed by atoms with Crippen molar-refractivity contribution in [2.24, 2.45) is 0 Å². The normalized spacial score (nSPS) is 16.6. The fraction of sp³-hybridized carbons (Fsp3) is 0.409. The van der Waals surface area contributed by atoms with E-state index in [1.54, 1.807) is 11.9 Å². The van der Waals surface area contributed by atoms with E-state index < -0.39 is 0 Å². The van der Waals surface area contributed by atoms with Gasteiger partial charge >= 0.3 is 0 Å². The molecule has 7 heteroatoms. The molecular formula is C22H25N3O3S. The van der Waals surface area contributed by atoms with Crippen LogP contribution < -0.4 is 4.90 Å². The van der Waals surface area contributed by atoms with Gasteiger partial charge in [-0.1, -0.05) is 6.07 Å². The number of hydrogen-bond donors (Lipinski definition) is 0. The summed E-state index contributed by atoms with van der Waals surface area (Å²) in [4.78, 5) is 44.6. The maximum atomic E-state index is 13.1. The standard InChI is InChI=1S/C22H25N3O3S/c1-5-25-18(26)12-23(4)21(28)19-16-8-9-24(11-17(16)29-22(19)25)20(27)15-7-6-13(2)14(3)10-15/h6-7,10H,5,8-9,11-12H2,1-4H3. The number of likely N-dealkylation sites (N-methyl/N-ethyl adjacent to an activating group) is 2. The van der Waals surface area contributed by atoms with E-state index >= 15 is 0 Å². The highest BCUT2D eigenvalue weighted by Gasteiger charge is 2.37. The number of benzene rings is 1. The van der Waals surface area contributed by atoms with Crippen molar-refractivity contribution in [1.29, 1.82) is 0 Å². The first-order valence-corrected chi connectivity index (χ1v) is 10.7. The van der Waals surface area contributed by atoms with E-state index in [9.17, 15) is 14.4 Å². The topological polar surface area (TPSA) is 60.9 Å². The van der Waals surface area contributed by atoms with E-state index in [1.807, 2.05) is 43.9 Å². The molecule has 0 aliphatic carbocycles. The third-order valence-corrected chi connectivity index (χ3v) is 7.11. The Morgan fingerprint density at radius 2 is 1.90 bits per heavy atom. The van der Waals surface area contributed by atoms with Crippen LogP contribution in [0.25, 0.3) is 0 Å². The SMILES string of the molecule is CCN1C(=O)CN(C)C(=O)c2c1sc1c2CCN(C(=O)c2ccc(C)c(C)c2)C1. The van der Waals surface area contributed by atoms with Crippen molar-refractivity contribution in [3.05, 3.63) is 50.9 Å². The lowest BCUT2D eigenvalue weighted by Gasteiger charge is -2.28. The van der Waals surface area contributed by atoms with Gasteiger partial charge in [-0.2, -0.15) is 0 Å². The van der Waals surface area contributed by atoms with Crippen molar-refractivity contribution in [2.45, 2.75) is 33.7 Å². The molecule has 0 radical (unpaired) electrons. The highest BCUT2D eigenvalue weighted by molar-refractivity contribution is 7.17. The molecular weight excluding hydrogens is 386 g/mol. The zero-order valence-electron chi connectivity index (χ0n) is 17.2. The van der Waals surface area contributed by atoms with Gasteiger partial charge in [0.25, 0.3) is 11.8 Å². The van der Waals surface area contributed by atoms with Crippen LogP contribution in [-0.4, -0.2) is 54.2 Å². The summed E-state index contributed by atoms with van der Waals surface area (Å²) < 4.78 is 0. The third-order valence-electron chi connectivity index (χ3n) is 5.87. The maximum absolute atomic E-state index is 13.1. The molecule has 0 saturated carbocycles. The summed E-state index contributed by atoms with van der Waals surface area (Å²) >= 11 is 1.48. The molecule has 6 nitrogen and oxygen atoms in total. The van der Waals surface area contributed by atoms with Crippen molar-refractivity contribution in [1.82, 2.24) is 9.80 Å². The van der Waals surface area contributed by atoms with E-state index in [2.05, 4.69) is 0 Å². The molecule has 0 spiro atoms. The van der Waals surface area contributed by atoms with Crippen LogP contribution in [0.1, 0.15) is 49.2 Å².